The van der Waals surface area contributed by atoms with Crippen molar-refractivity contribution in [3.05, 3.63) is 157 Å². The largest absolute Gasteiger partial charge is 0.456 e. The number of furan rings is 1. The highest BCUT2D eigenvalue weighted by atomic mass is 16.3. The molecule has 0 N–H and O–H groups in total. The van der Waals surface area contributed by atoms with Crippen LogP contribution in [0.15, 0.2) is 162 Å². The number of hydrogen-bond acceptors (Lipinski definition) is 1. The van der Waals surface area contributed by atoms with Gasteiger partial charge in [0.15, 0.2) is 0 Å². The Morgan fingerprint density at radius 2 is 1.05 bits per heavy atom. The van der Waals surface area contributed by atoms with E-state index < -0.39 is 36.3 Å². The first-order valence-electron chi connectivity index (χ1n) is 19.4. The monoisotopic (exact) mass is 557 g/mol. The molecule has 0 fully saturated rings. The first-order valence-corrected chi connectivity index (χ1v) is 13.9. The smallest absolute Gasteiger partial charge is 0.135 e. The predicted octanol–water partition coefficient (Wildman–Crippen LogP) is 12.0. The molecule has 1 nitrogen and oxygen atoms in total. The molecular weight excluding hydrogens is 520 g/mol. The van der Waals surface area contributed by atoms with Gasteiger partial charge in [0.05, 0.1) is 15.1 Å². The van der Waals surface area contributed by atoms with Gasteiger partial charge in [-0.1, -0.05) is 133 Å². The molecule has 0 amide bonds. The van der Waals surface area contributed by atoms with E-state index in [9.17, 15) is 2.74 Å². The zero-order chi connectivity index (χ0) is 37.9. The number of para-hydroxylation sites is 1. The molecule has 1 aromatic heterocycles. The van der Waals surface area contributed by atoms with Crippen molar-refractivity contribution in [2.24, 2.45) is 0 Å². The normalized spacial score (nSPS) is 15.3. The van der Waals surface area contributed by atoms with Gasteiger partial charge < -0.3 is 4.42 Å². The van der Waals surface area contributed by atoms with Gasteiger partial charge in [0.25, 0.3) is 0 Å². The summed E-state index contributed by atoms with van der Waals surface area (Å²) in [5.41, 5.74) is 3.00. The molecule has 0 aliphatic heterocycles. The SMILES string of the molecule is [2H]c1cc2c(-c3cccc(-c4cccc5ccccc45)c3)c3cc([2H])c([2H])cc3c(-c3c([2H])c([2H])c4oc5c([2H])c([2H])c([2H])c([2H])c5c4c3[2H])c2cc1[2H]. The van der Waals surface area contributed by atoms with Gasteiger partial charge in [-0.15, -0.1) is 0 Å². The van der Waals surface area contributed by atoms with E-state index in [1.807, 2.05) is 60.7 Å². The molecule has 8 aromatic carbocycles. The summed E-state index contributed by atoms with van der Waals surface area (Å²) in [7, 11) is 0. The molecule has 0 saturated heterocycles. The van der Waals surface area contributed by atoms with E-state index in [-0.39, 0.29) is 63.3 Å². The third-order valence-corrected chi connectivity index (χ3v) is 8.08. The molecule has 43 heavy (non-hydrogen) atoms. The van der Waals surface area contributed by atoms with E-state index in [1.165, 1.54) is 12.1 Å². The second-order valence-corrected chi connectivity index (χ2v) is 10.4. The zero-order valence-corrected chi connectivity index (χ0v) is 22.6. The summed E-state index contributed by atoms with van der Waals surface area (Å²) in [6.07, 6.45) is 0. The van der Waals surface area contributed by atoms with Crippen LogP contribution in [0.25, 0.3) is 87.6 Å². The van der Waals surface area contributed by atoms with E-state index in [1.54, 1.807) is 12.1 Å². The summed E-state index contributed by atoms with van der Waals surface area (Å²) < 4.78 is 102. The second-order valence-electron chi connectivity index (χ2n) is 10.4. The van der Waals surface area contributed by atoms with E-state index in [0.29, 0.717) is 27.1 Å². The van der Waals surface area contributed by atoms with Crippen molar-refractivity contribution in [3.8, 4) is 33.4 Å². The summed E-state index contributed by atoms with van der Waals surface area (Å²) in [6, 6.07) is 24.5. The summed E-state index contributed by atoms with van der Waals surface area (Å²) in [5.74, 6) is 0. The van der Waals surface area contributed by atoms with E-state index in [0.717, 1.165) is 27.5 Å². The molecule has 0 unspecified atom stereocenters. The van der Waals surface area contributed by atoms with Crippen molar-refractivity contribution in [3.63, 3.8) is 0 Å². The maximum absolute atomic E-state index is 9.57. The molecule has 0 saturated carbocycles. The molecular formula is C42H26O. The fraction of sp³-hybridized carbons (Fsp3) is 0. The van der Waals surface area contributed by atoms with Gasteiger partial charge in [-0.05, 0) is 89.9 Å². The Labute approximate surface area is 264 Å². The molecule has 0 spiro atoms. The van der Waals surface area contributed by atoms with Crippen molar-refractivity contribution >= 4 is 54.3 Å². The van der Waals surface area contributed by atoms with Crippen molar-refractivity contribution in [1.82, 2.24) is 0 Å². The van der Waals surface area contributed by atoms with Crippen LogP contribution in [-0.4, -0.2) is 0 Å². The number of hydrogen-bond donors (Lipinski definition) is 0. The average molecular weight is 558 g/mol. The molecule has 9 rings (SSSR count). The van der Waals surface area contributed by atoms with Crippen molar-refractivity contribution < 1.29 is 19.5 Å². The van der Waals surface area contributed by atoms with Crippen LogP contribution in [0.3, 0.4) is 0 Å². The predicted molar refractivity (Wildman–Crippen MR) is 183 cm³/mol. The fourth-order valence-corrected chi connectivity index (χ4v) is 6.21. The Morgan fingerprint density at radius 3 is 1.84 bits per heavy atom. The van der Waals surface area contributed by atoms with Crippen LogP contribution < -0.4 is 0 Å². The molecule has 9 aromatic rings. The molecule has 200 valence electrons. The lowest BCUT2D eigenvalue weighted by Gasteiger charge is -2.18. The quantitative estimate of drug-likeness (QED) is 0.197. The Balaban J connectivity index is 1.45. The lowest BCUT2D eigenvalue weighted by atomic mass is 9.85. The molecule has 0 atom stereocenters. The number of rotatable bonds is 3. The lowest BCUT2D eigenvalue weighted by molar-refractivity contribution is 0.669. The first kappa shape index (κ1) is 15.5. The van der Waals surface area contributed by atoms with Crippen molar-refractivity contribution in [1.29, 1.82) is 0 Å². The minimum atomic E-state index is -0.535. The Kier molecular flexibility index (Phi) is 3.41. The fourth-order valence-electron chi connectivity index (χ4n) is 6.21. The maximum atomic E-state index is 9.57. The molecule has 1 heterocycles. The van der Waals surface area contributed by atoms with Gasteiger partial charge in [0.1, 0.15) is 11.2 Å². The minimum Gasteiger partial charge on any atom is -0.456 e. The summed E-state index contributed by atoms with van der Waals surface area (Å²) in [6.45, 7) is 0. The van der Waals surface area contributed by atoms with Crippen LogP contribution in [0.2, 0.25) is 0 Å². The first-order chi connectivity index (χ1) is 25.9. The standard InChI is InChI=1S/C42H26O/c1-2-15-31-27(11-1)12-10-21-32(31)28-13-9-14-29(25-28)41-34-17-3-5-19-36(34)42(37-20-6-4-18-35(37)41)30-23-24-40-38(26-30)33-16-7-8-22-39(33)43-40/h1-26H/i3D,4D,5D,6D,7D,8D,16D,22D,23D,24D,26D. The third kappa shape index (κ3) is 3.72. The molecule has 1 heteroatoms. The van der Waals surface area contributed by atoms with Gasteiger partial charge >= 0.3 is 0 Å². The van der Waals surface area contributed by atoms with Gasteiger partial charge in [-0.2, -0.15) is 0 Å². The highest BCUT2D eigenvalue weighted by Crippen LogP contribution is 2.45. The van der Waals surface area contributed by atoms with E-state index in [2.05, 4.69) is 6.07 Å². The van der Waals surface area contributed by atoms with Crippen molar-refractivity contribution in [2.75, 3.05) is 0 Å². The number of fused-ring (bicyclic) bond motifs is 6. The molecule has 0 aliphatic rings. The topological polar surface area (TPSA) is 13.1 Å². The maximum Gasteiger partial charge on any atom is 0.135 e. The third-order valence-electron chi connectivity index (χ3n) is 8.08. The lowest BCUT2D eigenvalue weighted by Crippen LogP contribution is -1.91. The van der Waals surface area contributed by atoms with Crippen LogP contribution in [0.1, 0.15) is 15.1 Å². The molecule has 0 bridgehead atoms. The second kappa shape index (κ2) is 9.44. The Morgan fingerprint density at radius 1 is 0.419 bits per heavy atom. The molecule has 0 aliphatic carbocycles. The Hall–Kier alpha value is -5.66. The van der Waals surface area contributed by atoms with Crippen LogP contribution in [0.5, 0.6) is 0 Å². The van der Waals surface area contributed by atoms with Crippen LogP contribution in [0.4, 0.5) is 0 Å². The Bertz CT molecular complexity index is 3060. The highest BCUT2D eigenvalue weighted by Gasteiger charge is 2.18. The van der Waals surface area contributed by atoms with E-state index >= 15 is 0 Å². The van der Waals surface area contributed by atoms with Crippen molar-refractivity contribution in [2.45, 2.75) is 0 Å². The van der Waals surface area contributed by atoms with Gasteiger partial charge in [0.2, 0.25) is 0 Å². The van der Waals surface area contributed by atoms with Gasteiger partial charge in [0, 0.05) is 10.8 Å². The van der Waals surface area contributed by atoms with Gasteiger partial charge in [-0.25, -0.2) is 0 Å². The average Bonchev–Trinajstić information content (AvgIpc) is 3.58. The zero-order valence-electron chi connectivity index (χ0n) is 33.6. The summed E-state index contributed by atoms with van der Waals surface area (Å²) in [5, 5.41) is 3.73. The van der Waals surface area contributed by atoms with Crippen LogP contribution in [0, 0.1) is 0 Å². The van der Waals surface area contributed by atoms with Crippen LogP contribution in [-0.2, 0) is 0 Å². The summed E-state index contributed by atoms with van der Waals surface area (Å²) >= 11 is 0. The van der Waals surface area contributed by atoms with Gasteiger partial charge in [-0.3, -0.25) is 0 Å². The number of benzene rings is 8. The van der Waals surface area contributed by atoms with E-state index in [4.69, 9.17) is 16.8 Å². The highest BCUT2D eigenvalue weighted by molar-refractivity contribution is 6.22. The van der Waals surface area contributed by atoms with Crippen LogP contribution >= 0.6 is 0 Å². The minimum absolute atomic E-state index is 0.0624. The summed E-state index contributed by atoms with van der Waals surface area (Å²) in [4.78, 5) is 0. The molecule has 0 radical (unpaired) electrons.